The number of amides is 1. The molecular formula is C23H20FN7O3. The summed E-state index contributed by atoms with van der Waals surface area (Å²) in [6.45, 7) is 1.79. The first-order valence-electron chi connectivity index (χ1n) is 10.5. The number of carbonyl (C=O) groups is 2. The third-order valence-electron chi connectivity index (χ3n) is 5.73. The van der Waals surface area contributed by atoms with E-state index in [4.69, 9.17) is 4.74 Å². The number of methoxy groups -OCH3 is 1. The standard InChI is InChI=1S/C23H20FN7O3/c1-11(16-6-12(8-25-16)23(33)34-3)28-22(32)15-9-26-21-20(15)29-17(10-27-21)19-14-5-4-13(24)7-18(14)31(2)30-19/h4-5,7-11H,6H2,1-3H3,(H,26,27)(H,28,32)/t11-/m0/s1. The third kappa shape index (κ3) is 3.60. The number of carbonyl (C=O) groups excluding carboxylic acids is 2. The van der Waals surface area contributed by atoms with Crippen molar-refractivity contribution in [3.05, 3.63) is 53.7 Å². The molecule has 1 aliphatic heterocycles. The van der Waals surface area contributed by atoms with Crippen molar-refractivity contribution in [1.29, 1.82) is 0 Å². The van der Waals surface area contributed by atoms with Crippen LogP contribution in [0.4, 0.5) is 4.39 Å². The van der Waals surface area contributed by atoms with Crippen LogP contribution in [0.25, 0.3) is 33.5 Å². The van der Waals surface area contributed by atoms with Crippen LogP contribution in [0.2, 0.25) is 0 Å². The van der Waals surface area contributed by atoms with Crippen LogP contribution in [0.1, 0.15) is 23.7 Å². The first-order chi connectivity index (χ1) is 16.4. The summed E-state index contributed by atoms with van der Waals surface area (Å²) in [5.41, 5.74) is 3.83. The molecule has 0 saturated heterocycles. The highest BCUT2D eigenvalue weighted by Gasteiger charge is 2.24. The van der Waals surface area contributed by atoms with Crippen LogP contribution in [0.5, 0.6) is 0 Å². The van der Waals surface area contributed by atoms with Crippen molar-refractivity contribution in [2.45, 2.75) is 19.4 Å². The second-order valence-electron chi connectivity index (χ2n) is 7.93. The highest BCUT2D eigenvalue weighted by molar-refractivity contribution is 6.08. The Morgan fingerprint density at radius 2 is 2.15 bits per heavy atom. The van der Waals surface area contributed by atoms with E-state index in [1.165, 1.54) is 31.6 Å². The van der Waals surface area contributed by atoms with Crippen LogP contribution < -0.4 is 5.32 Å². The molecule has 2 N–H and O–H groups in total. The number of halogens is 1. The molecule has 172 valence electrons. The number of rotatable bonds is 5. The van der Waals surface area contributed by atoms with Gasteiger partial charge in [-0.05, 0) is 25.1 Å². The topological polar surface area (TPSA) is 127 Å². The number of esters is 1. The van der Waals surface area contributed by atoms with Crippen molar-refractivity contribution in [2.24, 2.45) is 12.0 Å². The molecule has 3 aromatic heterocycles. The van der Waals surface area contributed by atoms with Crippen molar-refractivity contribution in [3.63, 3.8) is 0 Å². The molecule has 0 aliphatic carbocycles. The molecule has 0 bridgehead atoms. The van der Waals surface area contributed by atoms with E-state index in [9.17, 15) is 14.0 Å². The number of aromatic nitrogens is 5. The first-order valence-corrected chi connectivity index (χ1v) is 10.5. The van der Waals surface area contributed by atoms with Crippen molar-refractivity contribution >= 4 is 39.7 Å². The summed E-state index contributed by atoms with van der Waals surface area (Å²) >= 11 is 0. The minimum atomic E-state index is -0.443. The number of nitrogens with one attached hydrogen (secondary N) is 2. The number of ether oxygens (including phenoxy) is 1. The zero-order valence-corrected chi connectivity index (χ0v) is 18.6. The van der Waals surface area contributed by atoms with Crippen molar-refractivity contribution < 1.29 is 18.7 Å². The van der Waals surface area contributed by atoms with Gasteiger partial charge in [-0.2, -0.15) is 5.10 Å². The molecule has 34 heavy (non-hydrogen) atoms. The maximum atomic E-state index is 13.7. The van der Waals surface area contributed by atoms with Gasteiger partial charge in [0.1, 0.15) is 22.7 Å². The lowest BCUT2D eigenvalue weighted by atomic mass is 10.1. The van der Waals surface area contributed by atoms with Gasteiger partial charge in [0.05, 0.1) is 36.0 Å². The van der Waals surface area contributed by atoms with Gasteiger partial charge in [-0.25, -0.2) is 19.2 Å². The van der Waals surface area contributed by atoms with Gasteiger partial charge in [0.25, 0.3) is 5.91 Å². The molecule has 11 heteroatoms. The van der Waals surface area contributed by atoms with Gasteiger partial charge in [-0.15, -0.1) is 0 Å². The van der Waals surface area contributed by atoms with Gasteiger partial charge in [-0.1, -0.05) is 0 Å². The fourth-order valence-corrected chi connectivity index (χ4v) is 3.92. The van der Waals surface area contributed by atoms with Gasteiger partial charge in [0.15, 0.2) is 5.65 Å². The Labute approximate surface area is 192 Å². The van der Waals surface area contributed by atoms with Crippen LogP contribution in [0.3, 0.4) is 0 Å². The molecule has 10 nitrogen and oxygen atoms in total. The summed E-state index contributed by atoms with van der Waals surface area (Å²) in [5, 5.41) is 8.08. The Kier molecular flexibility index (Phi) is 5.16. The molecule has 0 unspecified atom stereocenters. The molecule has 5 rings (SSSR count). The van der Waals surface area contributed by atoms with Gasteiger partial charge in [0, 0.05) is 37.0 Å². The Bertz CT molecular complexity index is 1530. The molecular weight excluding hydrogens is 441 g/mol. The van der Waals surface area contributed by atoms with E-state index >= 15 is 0 Å². The molecule has 0 radical (unpaired) electrons. The van der Waals surface area contributed by atoms with E-state index in [-0.39, 0.29) is 11.7 Å². The van der Waals surface area contributed by atoms with Gasteiger partial charge >= 0.3 is 5.97 Å². The predicted octanol–water partition coefficient (Wildman–Crippen LogP) is 2.67. The van der Waals surface area contributed by atoms with E-state index in [2.05, 4.69) is 30.4 Å². The number of aliphatic imine (C=N–C) groups is 1. The van der Waals surface area contributed by atoms with Crippen molar-refractivity contribution in [2.75, 3.05) is 7.11 Å². The molecule has 1 amide bonds. The Balaban J connectivity index is 1.42. The van der Waals surface area contributed by atoms with Gasteiger partial charge in [-0.3, -0.25) is 14.5 Å². The summed E-state index contributed by atoms with van der Waals surface area (Å²) in [6.07, 6.45) is 4.86. The van der Waals surface area contributed by atoms with Crippen molar-refractivity contribution in [3.8, 4) is 11.4 Å². The summed E-state index contributed by atoms with van der Waals surface area (Å²) in [4.78, 5) is 40.9. The molecule has 1 aliphatic rings. The van der Waals surface area contributed by atoms with E-state index in [1.54, 1.807) is 30.9 Å². The largest absolute Gasteiger partial charge is 0.466 e. The van der Waals surface area contributed by atoms with E-state index < -0.39 is 12.0 Å². The smallest absolute Gasteiger partial charge is 0.335 e. The predicted molar refractivity (Wildman–Crippen MR) is 123 cm³/mol. The number of hydrogen-bond acceptors (Lipinski definition) is 7. The number of hydrogen-bond donors (Lipinski definition) is 2. The molecule has 0 spiro atoms. The van der Waals surface area contributed by atoms with Crippen LogP contribution in [0.15, 0.2) is 47.4 Å². The average molecular weight is 461 g/mol. The Morgan fingerprint density at radius 1 is 1.32 bits per heavy atom. The summed E-state index contributed by atoms with van der Waals surface area (Å²) in [6, 6.07) is 3.99. The normalized spacial score (nSPS) is 14.2. The lowest BCUT2D eigenvalue weighted by Gasteiger charge is -2.14. The summed E-state index contributed by atoms with van der Waals surface area (Å²) in [5.74, 6) is -1.17. The highest BCUT2D eigenvalue weighted by atomic mass is 19.1. The quantitative estimate of drug-likeness (QED) is 0.440. The molecule has 4 heterocycles. The fraction of sp³-hybridized carbons (Fsp3) is 0.217. The second-order valence-corrected chi connectivity index (χ2v) is 7.93. The van der Waals surface area contributed by atoms with Gasteiger partial charge in [0.2, 0.25) is 0 Å². The molecule has 1 aromatic carbocycles. The van der Waals surface area contributed by atoms with Crippen molar-refractivity contribution in [1.82, 2.24) is 30.0 Å². The summed E-state index contributed by atoms with van der Waals surface area (Å²) < 4.78 is 20.0. The van der Waals surface area contributed by atoms with Crippen LogP contribution in [0, 0.1) is 5.82 Å². The van der Waals surface area contributed by atoms with E-state index in [0.717, 1.165) is 5.39 Å². The number of H-pyrrole nitrogens is 1. The molecule has 0 saturated carbocycles. The number of aryl methyl sites for hydroxylation is 1. The zero-order valence-electron chi connectivity index (χ0n) is 18.6. The maximum absolute atomic E-state index is 13.7. The Hall–Kier alpha value is -4.41. The van der Waals surface area contributed by atoms with Crippen LogP contribution >= 0.6 is 0 Å². The molecule has 0 fully saturated rings. The second kappa shape index (κ2) is 8.18. The van der Waals surface area contributed by atoms with E-state index in [0.29, 0.717) is 51.3 Å². The molecule has 1 atom stereocenters. The fourth-order valence-electron chi connectivity index (χ4n) is 3.92. The number of benzene rings is 1. The zero-order chi connectivity index (χ0) is 24.0. The Morgan fingerprint density at radius 3 is 2.94 bits per heavy atom. The summed E-state index contributed by atoms with van der Waals surface area (Å²) in [7, 11) is 3.03. The van der Waals surface area contributed by atoms with Crippen LogP contribution in [-0.2, 0) is 16.6 Å². The number of nitrogens with zero attached hydrogens (tertiary/aromatic N) is 5. The molecule has 4 aromatic rings. The SMILES string of the molecule is COC(=O)C1=CN=C([C@H](C)NC(=O)c2c[nH]c3ncc(-c4nn(C)c5cc(F)ccc45)nc23)C1. The third-order valence-corrected chi connectivity index (χ3v) is 5.73. The highest BCUT2D eigenvalue weighted by Crippen LogP contribution is 2.28. The number of aromatic amines is 1. The number of fused-ring (bicyclic) bond motifs is 2. The van der Waals surface area contributed by atoms with E-state index in [1.807, 2.05) is 0 Å². The minimum Gasteiger partial charge on any atom is -0.466 e. The minimum absolute atomic E-state index is 0.305. The monoisotopic (exact) mass is 461 g/mol. The van der Waals surface area contributed by atoms with Crippen LogP contribution in [-0.4, -0.2) is 55.5 Å². The average Bonchev–Trinajstić information content (AvgIpc) is 3.55. The first kappa shape index (κ1) is 21.4. The lowest BCUT2D eigenvalue weighted by Crippen LogP contribution is -2.38. The maximum Gasteiger partial charge on any atom is 0.335 e. The van der Waals surface area contributed by atoms with Gasteiger partial charge < -0.3 is 15.0 Å². The lowest BCUT2D eigenvalue weighted by molar-refractivity contribution is -0.136.